The number of carbonyl (C=O) groups excluding carboxylic acids is 1. The van der Waals surface area contributed by atoms with Crippen LogP contribution in [0.25, 0.3) is 0 Å². The molecule has 0 atom stereocenters. The molecule has 2 aromatic rings. The van der Waals surface area contributed by atoms with Gasteiger partial charge in [0.15, 0.2) is 0 Å². The Labute approximate surface area is 140 Å². The number of anilines is 2. The van der Waals surface area contributed by atoms with Gasteiger partial charge in [0.05, 0.1) is 18.5 Å². The van der Waals surface area contributed by atoms with Crippen molar-refractivity contribution < 1.29 is 14.4 Å². The van der Waals surface area contributed by atoms with Crippen molar-refractivity contribution in [3.8, 4) is 5.75 Å². The molecule has 0 saturated heterocycles. The molecule has 1 aliphatic heterocycles. The number of amides is 1. The molecule has 1 heterocycles. The van der Waals surface area contributed by atoms with Crippen molar-refractivity contribution in [3.05, 3.63) is 54.1 Å². The van der Waals surface area contributed by atoms with Gasteiger partial charge in [-0.2, -0.15) is 0 Å². The third-order valence-corrected chi connectivity index (χ3v) is 3.89. The van der Waals surface area contributed by atoms with E-state index in [1.54, 1.807) is 7.11 Å². The van der Waals surface area contributed by atoms with Gasteiger partial charge in [0.25, 0.3) is 0 Å². The van der Waals surface area contributed by atoms with Gasteiger partial charge >= 0.3 is 6.09 Å². The van der Waals surface area contributed by atoms with E-state index in [9.17, 15) is 4.79 Å². The molecule has 0 spiro atoms. The first-order valence-electron chi connectivity index (χ1n) is 7.69. The van der Waals surface area contributed by atoms with Crippen LogP contribution in [0, 0.1) is 0 Å². The van der Waals surface area contributed by atoms with Gasteiger partial charge in [-0.1, -0.05) is 23.4 Å². The molecule has 1 N–H and O–H groups in total. The van der Waals surface area contributed by atoms with Crippen LogP contribution in [0.1, 0.15) is 12.0 Å². The quantitative estimate of drug-likeness (QED) is 0.695. The number of methoxy groups -OCH3 is 1. The number of oxime groups is 1. The maximum Gasteiger partial charge on any atom is 0.433 e. The molecule has 3 rings (SSSR count). The highest BCUT2D eigenvalue weighted by Gasteiger charge is 2.24. The van der Waals surface area contributed by atoms with Crippen LogP contribution in [0.4, 0.5) is 16.2 Å². The predicted octanol–water partition coefficient (Wildman–Crippen LogP) is 3.30. The molecule has 6 nitrogen and oxygen atoms in total. The molecule has 0 aromatic heterocycles. The summed E-state index contributed by atoms with van der Waals surface area (Å²) in [6.45, 7) is 0.736. The normalized spacial score (nSPS) is 14.9. The summed E-state index contributed by atoms with van der Waals surface area (Å²) in [7, 11) is 3.14. The average molecular weight is 325 g/mol. The first kappa shape index (κ1) is 15.9. The molecule has 0 saturated carbocycles. The summed E-state index contributed by atoms with van der Waals surface area (Å²) < 4.78 is 5.35. The summed E-state index contributed by atoms with van der Waals surface area (Å²) in [5, 5.41) is 6.40. The number of para-hydroxylation sites is 1. The van der Waals surface area contributed by atoms with Crippen LogP contribution in [0.15, 0.2) is 53.7 Å². The topological polar surface area (TPSA) is 63.2 Å². The SMILES string of the molecule is CNC(=O)O/N=C1\CCN(c2ccccc2)c2cc(OC)ccc21. The zero-order valence-corrected chi connectivity index (χ0v) is 13.7. The predicted molar refractivity (Wildman–Crippen MR) is 93.1 cm³/mol. The van der Waals surface area contributed by atoms with Crippen LogP contribution in [-0.4, -0.2) is 32.5 Å². The van der Waals surface area contributed by atoms with Crippen molar-refractivity contribution >= 4 is 23.2 Å². The fourth-order valence-electron chi connectivity index (χ4n) is 2.69. The molecule has 0 unspecified atom stereocenters. The fourth-order valence-corrected chi connectivity index (χ4v) is 2.69. The third kappa shape index (κ3) is 3.17. The molecule has 0 radical (unpaired) electrons. The van der Waals surface area contributed by atoms with E-state index >= 15 is 0 Å². The van der Waals surface area contributed by atoms with Gasteiger partial charge in [-0.05, 0) is 24.3 Å². The van der Waals surface area contributed by atoms with E-state index in [0.717, 1.165) is 34.9 Å². The molecule has 1 aliphatic rings. The fraction of sp³-hybridized carbons (Fsp3) is 0.222. The maximum atomic E-state index is 11.3. The number of hydrogen-bond donors (Lipinski definition) is 1. The Morgan fingerprint density at radius 1 is 1.21 bits per heavy atom. The second kappa shape index (κ2) is 7.04. The lowest BCUT2D eigenvalue weighted by Crippen LogP contribution is -2.29. The van der Waals surface area contributed by atoms with E-state index in [1.165, 1.54) is 7.05 Å². The van der Waals surface area contributed by atoms with E-state index in [0.29, 0.717) is 6.42 Å². The van der Waals surface area contributed by atoms with Gasteiger partial charge < -0.3 is 15.0 Å². The Morgan fingerprint density at radius 2 is 2.00 bits per heavy atom. The first-order chi connectivity index (χ1) is 11.7. The van der Waals surface area contributed by atoms with Crippen molar-refractivity contribution in [2.75, 3.05) is 25.6 Å². The van der Waals surface area contributed by atoms with Crippen molar-refractivity contribution in [3.63, 3.8) is 0 Å². The lowest BCUT2D eigenvalue weighted by atomic mass is 9.98. The van der Waals surface area contributed by atoms with Gasteiger partial charge in [-0.3, -0.25) is 4.84 Å². The monoisotopic (exact) mass is 325 g/mol. The van der Waals surface area contributed by atoms with Crippen LogP contribution >= 0.6 is 0 Å². The van der Waals surface area contributed by atoms with Crippen LogP contribution in [0.3, 0.4) is 0 Å². The van der Waals surface area contributed by atoms with Gasteiger partial charge in [-0.25, -0.2) is 4.79 Å². The molecule has 2 aromatic carbocycles. The number of benzene rings is 2. The molecular formula is C18H19N3O3. The average Bonchev–Trinajstić information content (AvgIpc) is 2.65. The third-order valence-electron chi connectivity index (χ3n) is 3.89. The molecule has 0 fully saturated rings. The summed E-state index contributed by atoms with van der Waals surface area (Å²) >= 11 is 0. The number of nitrogens with one attached hydrogen (secondary N) is 1. The lowest BCUT2D eigenvalue weighted by molar-refractivity contribution is 0.153. The highest BCUT2D eigenvalue weighted by molar-refractivity contribution is 6.08. The number of ether oxygens (including phenoxy) is 1. The van der Waals surface area contributed by atoms with Crippen LogP contribution in [0.2, 0.25) is 0 Å². The van der Waals surface area contributed by atoms with Gasteiger partial charge in [0.1, 0.15) is 5.75 Å². The summed E-state index contributed by atoms with van der Waals surface area (Å²) in [6.07, 6.45) is 0.0913. The second-order valence-corrected chi connectivity index (χ2v) is 5.29. The van der Waals surface area contributed by atoms with Crippen molar-refractivity contribution in [1.82, 2.24) is 5.32 Å². The molecule has 0 bridgehead atoms. The zero-order chi connectivity index (χ0) is 16.9. The highest BCUT2D eigenvalue weighted by atomic mass is 16.7. The van der Waals surface area contributed by atoms with Crippen LogP contribution in [-0.2, 0) is 4.84 Å². The maximum absolute atomic E-state index is 11.3. The van der Waals surface area contributed by atoms with Gasteiger partial charge in [-0.15, -0.1) is 0 Å². The largest absolute Gasteiger partial charge is 0.497 e. The van der Waals surface area contributed by atoms with Crippen LogP contribution < -0.4 is 15.0 Å². The lowest BCUT2D eigenvalue weighted by Gasteiger charge is -2.32. The second-order valence-electron chi connectivity index (χ2n) is 5.29. The summed E-state index contributed by atoms with van der Waals surface area (Å²) in [5.74, 6) is 0.767. The number of fused-ring (bicyclic) bond motifs is 1. The zero-order valence-electron chi connectivity index (χ0n) is 13.7. The summed E-state index contributed by atoms with van der Waals surface area (Å²) in [5.41, 5.74) is 3.74. The Balaban J connectivity index is 2.01. The molecule has 124 valence electrons. The Morgan fingerprint density at radius 3 is 2.71 bits per heavy atom. The Kier molecular flexibility index (Phi) is 4.65. The number of nitrogens with zero attached hydrogens (tertiary/aromatic N) is 2. The van der Waals surface area contributed by atoms with E-state index in [1.807, 2.05) is 36.4 Å². The first-order valence-corrected chi connectivity index (χ1v) is 7.69. The van der Waals surface area contributed by atoms with Gasteiger partial charge in [0.2, 0.25) is 0 Å². The molecule has 6 heteroatoms. The molecular weight excluding hydrogens is 306 g/mol. The standard InChI is InChI=1S/C18H19N3O3/c1-19-18(22)24-20-16-10-11-21(13-6-4-3-5-7-13)17-12-14(23-2)8-9-15(16)17/h3-9,12H,10-11H2,1-2H3,(H,19,22)/b20-16+. The van der Waals surface area contributed by atoms with Crippen molar-refractivity contribution in [1.29, 1.82) is 0 Å². The number of rotatable bonds is 3. The highest BCUT2D eigenvalue weighted by Crippen LogP contribution is 2.36. The van der Waals surface area contributed by atoms with E-state index in [2.05, 4.69) is 27.5 Å². The van der Waals surface area contributed by atoms with Gasteiger partial charge in [0, 0.05) is 37.3 Å². The van der Waals surface area contributed by atoms with Crippen LogP contribution in [0.5, 0.6) is 5.75 Å². The molecule has 24 heavy (non-hydrogen) atoms. The molecule has 1 amide bonds. The Bertz CT molecular complexity index is 759. The minimum absolute atomic E-state index is 0.581. The summed E-state index contributed by atoms with van der Waals surface area (Å²) in [4.78, 5) is 18.4. The van der Waals surface area contributed by atoms with E-state index < -0.39 is 6.09 Å². The van der Waals surface area contributed by atoms with E-state index in [4.69, 9.17) is 9.57 Å². The van der Waals surface area contributed by atoms with E-state index in [-0.39, 0.29) is 0 Å². The number of carbonyl (C=O) groups is 1. The molecule has 0 aliphatic carbocycles. The Hall–Kier alpha value is -3.02. The van der Waals surface area contributed by atoms with Crippen molar-refractivity contribution in [2.45, 2.75) is 6.42 Å². The minimum atomic E-state index is -0.581. The number of hydrogen-bond acceptors (Lipinski definition) is 5. The summed E-state index contributed by atoms with van der Waals surface area (Å²) in [6, 6.07) is 15.9. The van der Waals surface area contributed by atoms with Crippen molar-refractivity contribution in [2.24, 2.45) is 5.16 Å². The minimum Gasteiger partial charge on any atom is -0.497 e. The smallest absolute Gasteiger partial charge is 0.433 e.